The van der Waals surface area contributed by atoms with Crippen LogP contribution >= 0.6 is 0 Å². The van der Waals surface area contributed by atoms with Gasteiger partial charge in [0.1, 0.15) is 11.3 Å². The van der Waals surface area contributed by atoms with Crippen LogP contribution in [0.25, 0.3) is 0 Å². The smallest absolute Gasteiger partial charge is 0.341 e. The van der Waals surface area contributed by atoms with Crippen molar-refractivity contribution in [1.29, 1.82) is 0 Å². The van der Waals surface area contributed by atoms with Crippen LogP contribution in [-0.2, 0) is 4.74 Å². The van der Waals surface area contributed by atoms with E-state index in [-0.39, 0.29) is 17.0 Å². The summed E-state index contributed by atoms with van der Waals surface area (Å²) in [4.78, 5) is 14.6. The Morgan fingerprint density at radius 2 is 2.31 bits per heavy atom. The normalized spacial score (nSPS) is 9.31. The number of phenolic OH excluding ortho intramolecular Hbond substituents is 1. The van der Waals surface area contributed by atoms with Crippen molar-refractivity contribution < 1.29 is 14.6 Å². The van der Waals surface area contributed by atoms with Crippen molar-refractivity contribution in [2.24, 2.45) is 4.99 Å². The Balaban J connectivity index is 3.23. The largest absolute Gasteiger partial charge is 0.505 e. The summed E-state index contributed by atoms with van der Waals surface area (Å²) in [6.45, 7) is 3.26. The van der Waals surface area contributed by atoms with E-state index in [1.807, 2.05) is 0 Å². The van der Waals surface area contributed by atoms with Gasteiger partial charge in [-0.05, 0) is 18.9 Å². The first-order valence-corrected chi connectivity index (χ1v) is 3.57. The van der Waals surface area contributed by atoms with Crippen LogP contribution < -0.4 is 0 Å². The van der Waals surface area contributed by atoms with Gasteiger partial charge in [0.05, 0.1) is 7.11 Å². The maximum Gasteiger partial charge on any atom is 0.341 e. The van der Waals surface area contributed by atoms with Gasteiger partial charge >= 0.3 is 5.97 Å². The van der Waals surface area contributed by atoms with Crippen LogP contribution in [0, 0.1) is 0 Å². The molecule has 0 saturated carbocycles. The lowest BCUT2D eigenvalue weighted by Gasteiger charge is -2.03. The van der Waals surface area contributed by atoms with E-state index in [1.54, 1.807) is 12.1 Å². The number of hydrogen-bond donors (Lipinski definition) is 1. The monoisotopic (exact) mass is 179 g/mol. The molecule has 13 heavy (non-hydrogen) atoms. The molecule has 0 atom stereocenters. The molecule has 0 heterocycles. The third-order valence-corrected chi connectivity index (χ3v) is 1.59. The second kappa shape index (κ2) is 3.71. The zero-order valence-electron chi connectivity index (χ0n) is 7.15. The molecule has 1 N–H and O–H groups in total. The van der Waals surface area contributed by atoms with E-state index in [1.165, 1.54) is 13.2 Å². The predicted molar refractivity (Wildman–Crippen MR) is 48.7 cm³/mol. The standard InChI is InChI=1S/C9H9NO3/c1-10-7-5-3-4-6(8(7)11)9(12)13-2/h3-5,11H,1H2,2H3. The van der Waals surface area contributed by atoms with Crippen LogP contribution in [0.15, 0.2) is 23.2 Å². The molecule has 0 aromatic heterocycles. The number of aromatic hydroxyl groups is 1. The van der Waals surface area contributed by atoms with Crippen molar-refractivity contribution in [2.75, 3.05) is 7.11 Å². The van der Waals surface area contributed by atoms with Crippen LogP contribution in [0.2, 0.25) is 0 Å². The van der Waals surface area contributed by atoms with Crippen LogP contribution in [0.3, 0.4) is 0 Å². The first-order chi connectivity index (χ1) is 6.20. The molecule has 0 radical (unpaired) electrons. The Labute approximate surface area is 75.5 Å². The van der Waals surface area contributed by atoms with E-state index in [9.17, 15) is 9.90 Å². The third-order valence-electron chi connectivity index (χ3n) is 1.59. The van der Waals surface area contributed by atoms with Gasteiger partial charge in [-0.2, -0.15) is 0 Å². The highest BCUT2D eigenvalue weighted by molar-refractivity contribution is 5.94. The maximum absolute atomic E-state index is 11.1. The minimum Gasteiger partial charge on any atom is -0.505 e. The number of aliphatic imine (C=N–C) groups is 1. The molecule has 0 unspecified atom stereocenters. The fraction of sp³-hybridized carbons (Fsp3) is 0.111. The highest BCUT2D eigenvalue weighted by Crippen LogP contribution is 2.29. The van der Waals surface area contributed by atoms with Gasteiger partial charge in [-0.25, -0.2) is 4.79 Å². The van der Waals surface area contributed by atoms with E-state index in [0.29, 0.717) is 0 Å². The SMILES string of the molecule is C=Nc1cccc(C(=O)OC)c1O. The van der Waals surface area contributed by atoms with Crippen molar-refractivity contribution in [3.8, 4) is 5.75 Å². The summed E-state index contributed by atoms with van der Waals surface area (Å²) in [5.74, 6) is -0.799. The van der Waals surface area contributed by atoms with E-state index in [4.69, 9.17) is 0 Å². The first-order valence-electron chi connectivity index (χ1n) is 3.57. The Hall–Kier alpha value is -1.84. The van der Waals surface area contributed by atoms with E-state index in [0.717, 1.165) is 0 Å². The molecule has 0 aliphatic heterocycles. The summed E-state index contributed by atoms with van der Waals surface area (Å²) >= 11 is 0. The van der Waals surface area contributed by atoms with E-state index in [2.05, 4.69) is 16.4 Å². The Morgan fingerprint density at radius 3 is 2.85 bits per heavy atom. The molecule has 0 saturated heterocycles. The number of hydrogen-bond acceptors (Lipinski definition) is 4. The average Bonchev–Trinajstić information content (AvgIpc) is 2.17. The second-order valence-electron chi connectivity index (χ2n) is 2.32. The lowest BCUT2D eigenvalue weighted by Crippen LogP contribution is -2.00. The quantitative estimate of drug-likeness (QED) is 0.553. The third kappa shape index (κ3) is 1.66. The van der Waals surface area contributed by atoms with Gasteiger partial charge in [-0.3, -0.25) is 4.99 Å². The number of nitrogens with zero attached hydrogens (tertiary/aromatic N) is 1. The molecule has 0 aliphatic carbocycles. The van der Waals surface area contributed by atoms with E-state index < -0.39 is 5.97 Å². The number of benzene rings is 1. The fourth-order valence-corrected chi connectivity index (χ4v) is 0.934. The number of methoxy groups -OCH3 is 1. The van der Waals surface area contributed by atoms with Gasteiger partial charge in [0.15, 0.2) is 5.75 Å². The zero-order valence-corrected chi connectivity index (χ0v) is 7.15. The van der Waals surface area contributed by atoms with Crippen molar-refractivity contribution in [3.05, 3.63) is 23.8 Å². The maximum atomic E-state index is 11.1. The zero-order chi connectivity index (χ0) is 9.84. The Bertz CT molecular complexity index is 347. The number of para-hydroxylation sites is 1. The first kappa shape index (κ1) is 9.25. The van der Waals surface area contributed by atoms with Crippen LogP contribution in [0.1, 0.15) is 10.4 Å². The molecule has 1 aromatic carbocycles. The highest BCUT2D eigenvalue weighted by Gasteiger charge is 2.13. The molecule has 4 heteroatoms. The van der Waals surface area contributed by atoms with Gasteiger partial charge in [-0.1, -0.05) is 6.07 Å². The number of carbonyl (C=O) groups is 1. The Morgan fingerprint density at radius 1 is 1.62 bits per heavy atom. The van der Waals surface area contributed by atoms with Crippen LogP contribution in [0.4, 0.5) is 5.69 Å². The number of phenols is 1. The fourth-order valence-electron chi connectivity index (χ4n) is 0.934. The van der Waals surface area contributed by atoms with E-state index >= 15 is 0 Å². The lowest BCUT2D eigenvalue weighted by atomic mass is 10.2. The highest BCUT2D eigenvalue weighted by atomic mass is 16.5. The topological polar surface area (TPSA) is 58.9 Å². The molecule has 1 rings (SSSR count). The summed E-state index contributed by atoms with van der Waals surface area (Å²) in [6.07, 6.45) is 0. The molecule has 4 nitrogen and oxygen atoms in total. The summed E-state index contributed by atoms with van der Waals surface area (Å²) in [5, 5.41) is 9.46. The number of carbonyl (C=O) groups excluding carboxylic acids is 1. The van der Waals surface area contributed by atoms with Gasteiger partial charge < -0.3 is 9.84 Å². The van der Waals surface area contributed by atoms with Crippen molar-refractivity contribution in [3.63, 3.8) is 0 Å². The minimum atomic E-state index is -0.594. The molecule has 0 fully saturated rings. The van der Waals surface area contributed by atoms with Gasteiger partial charge in [0.25, 0.3) is 0 Å². The lowest BCUT2D eigenvalue weighted by molar-refractivity contribution is 0.0597. The molecule has 0 amide bonds. The molecule has 0 bridgehead atoms. The second-order valence-corrected chi connectivity index (χ2v) is 2.32. The van der Waals surface area contributed by atoms with Crippen molar-refractivity contribution in [1.82, 2.24) is 0 Å². The van der Waals surface area contributed by atoms with Crippen molar-refractivity contribution >= 4 is 18.4 Å². The summed E-state index contributed by atoms with van der Waals surface area (Å²) in [5.41, 5.74) is 0.357. The van der Waals surface area contributed by atoms with Crippen molar-refractivity contribution in [2.45, 2.75) is 0 Å². The molecule has 1 aromatic rings. The molecule has 0 aliphatic rings. The van der Waals surface area contributed by atoms with Gasteiger partial charge in [0, 0.05) is 0 Å². The van der Waals surface area contributed by atoms with Crippen LogP contribution in [-0.4, -0.2) is 24.9 Å². The summed E-state index contributed by atoms with van der Waals surface area (Å²) in [7, 11) is 1.25. The van der Waals surface area contributed by atoms with Gasteiger partial charge in [0.2, 0.25) is 0 Å². The van der Waals surface area contributed by atoms with Crippen LogP contribution in [0.5, 0.6) is 5.75 Å². The molecule has 68 valence electrons. The Kier molecular flexibility index (Phi) is 2.64. The number of esters is 1. The number of rotatable bonds is 2. The molecule has 0 spiro atoms. The predicted octanol–water partition coefficient (Wildman–Crippen LogP) is 1.51. The average molecular weight is 179 g/mol. The van der Waals surface area contributed by atoms with Gasteiger partial charge in [-0.15, -0.1) is 0 Å². The summed E-state index contributed by atoms with van der Waals surface area (Å²) in [6, 6.07) is 4.60. The summed E-state index contributed by atoms with van der Waals surface area (Å²) < 4.78 is 4.46. The minimum absolute atomic E-state index is 0.0902. The number of ether oxygens (including phenoxy) is 1. The molecular formula is C9H9NO3. The molecular weight excluding hydrogens is 170 g/mol.